The Hall–Kier alpha value is -1.71. The summed E-state index contributed by atoms with van der Waals surface area (Å²) in [5, 5.41) is 8.60. The van der Waals surface area contributed by atoms with Crippen molar-refractivity contribution in [1.29, 1.82) is 0 Å². The van der Waals surface area contributed by atoms with E-state index in [1.807, 2.05) is 0 Å². The van der Waals surface area contributed by atoms with Crippen molar-refractivity contribution in [2.45, 2.75) is 24.8 Å². The van der Waals surface area contributed by atoms with Crippen molar-refractivity contribution in [3.8, 4) is 5.88 Å². The Balaban J connectivity index is 3.00. The Morgan fingerprint density at radius 2 is 2.16 bits per heavy atom. The number of hydrogen-bond acceptors (Lipinski definition) is 6. The topological polar surface area (TPSA) is 115 Å². The molecular formula is C10H14N2O6S. The van der Waals surface area contributed by atoms with Crippen LogP contribution in [0.2, 0.25) is 0 Å². The number of methoxy groups -OCH3 is 1. The molecule has 0 aliphatic carbocycles. The Kier molecular flexibility index (Phi) is 4.81. The number of sulfonamides is 1. The maximum absolute atomic E-state index is 11.9. The normalized spacial score (nSPS) is 13.0. The molecule has 1 atom stereocenters. The molecule has 0 aliphatic rings. The van der Waals surface area contributed by atoms with E-state index in [1.165, 1.54) is 26.3 Å². The van der Waals surface area contributed by atoms with Gasteiger partial charge in [-0.3, -0.25) is 4.84 Å². The van der Waals surface area contributed by atoms with Gasteiger partial charge in [-0.15, -0.1) is 0 Å². The third-order valence-electron chi connectivity index (χ3n) is 2.12. The SMILES string of the molecule is COc1ncc(C)cc1S(=O)(=O)NO[C@H](C)C(=O)O. The largest absolute Gasteiger partial charge is 0.480 e. The van der Waals surface area contributed by atoms with Crippen molar-refractivity contribution < 1.29 is 27.9 Å². The number of aryl methyl sites for hydroxylation is 1. The zero-order valence-electron chi connectivity index (χ0n) is 10.6. The van der Waals surface area contributed by atoms with Crippen molar-refractivity contribution in [1.82, 2.24) is 9.87 Å². The van der Waals surface area contributed by atoms with Crippen molar-refractivity contribution in [3.63, 3.8) is 0 Å². The van der Waals surface area contributed by atoms with Crippen LogP contribution >= 0.6 is 0 Å². The van der Waals surface area contributed by atoms with Crippen LogP contribution in [0, 0.1) is 6.92 Å². The fraction of sp³-hybridized carbons (Fsp3) is 0.400. The average molecular weight is 290 g/mol. The van der Waals surface area contributed by atoms with Gasteiger partial charge in [-0.25, -0.2) is 18.2 Å². The molecule has 19 heavy (non-hydrogen) atoms. The number of carboxylic acid groups (broad SMARTS) is 1. The molecule has 0 amide bonds. The summed E-state index contributed by atoms with van der Waals surface area (Å²) in [7, 11) is -2.80. The quantitative estimate of drug-likeness (QED) is 0.713. The lowest BCUT2D eigenvalue weighted by atomic mass is 10.3. The van der Waals surface area contributed by atoms with Crippen LogP contribution in [0.3, 0.4) is 0 Å². The predicted molar refractivity (Wildman–Crippen MR) is 64.0 cm³/mol. The summed E-state index contributed by atoms with van der Waals surface area (Å²) in [5.74, 6) is -1.40. The highest BCUT2D eigenvalue weighted by atomic mass is 32.2. The third kappa shape index (κ3) is 3.88. The molecule has 1 rings (SSSR count). The van der Waals surface area contributed by atoms with Gasteiger partial charge in [0.1, 0.15) is 4.90 Å². The van der Waals surface area contributed by atoms with E-state index < -0.39 is 22.1 Å². The molecule has 0 unspecified atom stereocenters. The third-order valence-corrected chi connectivity index (χ3v) is 3.31. The molecule has 1 aromatic rings. The van der Waals surface area contributed by atoms with Crippen LogP contribution in [0.15, 0.2) is 17.2 Å². The Labute approximate surface area is 110 Å². The Morgan fingerprint density at radius 3 is 2.68 bits per heavy atom. The molecule has 0 saturated heterocycles. The van der Waals surface area contributed by atoms with Crippen LogP contribution in [-0.2, 0) is 19.7 Å². The van der Waals surface area contributed by atoms with E-state index in [0.29, 0.717) is 5.56 Å². The van der Waals surface area contributed by atoms with Crippen molar-refractivity contribution in [2.75, 3.05) is 7.11 Å². The number of pyridine rings is 1. The lowest BCUT2D eigenvalue weighted by Gasteiger charge is -2.12. The molecule has 0 saturated carbocycles. The van der Waals surface area contributed by atoms with Crippen LogP contribution in [0.4, 0.5) is 0 Å². The highest BCUT2D eigenvalue weighted by Crippen LogP contribution is 2.21. The molecule has 1 heterocycles. The minimum Gasteiger partial charge on any atom is -0.480 e. The first-order valence-corrected chi connectivity index (χ1v) is 6.67. The Morgan fingerprint density at radius 1 is 1.53 bits per heavy atom. The molecule has 0 fully saturated rings. The number of rotatable bonds is 6. The van der Waals surface area contributed by atoms with Crippen LogP contribution in [0.5, 0.6) is 5.88 Å². The standard InChI is InChI=1S/C10H14N2O6S/c1-6-4-8(9(17-3)11-5-6)19(15,16)12-18-7(2)10(13)14/h4-5,7,12H,1-3H3,(H,13,14)/t7-/m1/s1. The number of ether oxygens (including phenoxy) is 1. The zero-order chi connectivity index (χ0) is 14.6. The van der Waals surface area contributed by atoms with Gasteiger partial charge in [-0.05, 0) is 25.5 Å². The van der Waals surface area contributed by atoms with Gasteiger partial charge in [-0.2, -0.15) is 0 Å². The van der Waals surface area contributed by atoms with Crippen molar-refractivity contribution >= 4 is 16.0 Å². The molecule has 0 bridgehead atoms. The Bertz CT molecular complexity index is 571. The van der Waals surface area contributed by atoms with Gasteiger partial charge in [0.05, 0.1) is 7.11 Å². The predicted octanol–water partition coefficient (Wildman–Crippen LogP) is 0.0816. The summed E-state index contributed by atoms with van der Waals surface area (Å²) in [5.41, 5.74) is 0.604. The molecule has 0 radical (unpaired) electrons. The first-order valence-electron chi connectivity index (χ1n) is 5.19. The van der Waals surface area contributed by atoms with Gasteiger partial charge in [0.2, 0.25) is 5.88 Å². The number of carbonyl (C=O) groups is 1. The van der Waals surface area contributed by atoms with E-state index in [4.69, 9.17) is 9.84 Å². The van der Waals surface area contributed by atoms with Gasteiger partial charge < -0.3 is 9.84 Å². The summed E-state index contributed by atoms with van der Waals surface area (Å²) in [4.78, 5) is 20.4. The number of carboxylic acids is 1. The van der Waals surface area contributed by atoms with Gasteiger partial charge in [0.15, 0.2) is 6.10 Å². The van der Waals surface area contributed by atoms with E-state index in [0.717, 1.165) is 0 Å². The summed E-state index contributed by atoms with van der Waals surface area (Å²) in [6.07, 6.45) is 0.122. The number of aromatic nitrogens is 1. The van der Waals surface area contributed by atoms with Gasteiger partial charge >= 0.3 is 5.97 Å². The first kappa shape index (κ1) is 15.3. The molecule has 1 aromatic heterocycles. The monoisotopic (exact) mass is 290 g/mol. The van der Waals surface area contributed by atoms with Crippen LogP contribution in [0.1, 0.15) is 12.5 Å². The minimum atomic E-state index is -4.08. The molecule has 2 N–H and O–H groups in total. The molecule has 8 nitrogen and oxygen atoms in total. The molecule has 0 aromatic carbocycles. The molecule has 0 aliphatic heterocycles. The number of nitrogens with one attached hydrogen (secondary N) is 1. The molecule has 9 heteroatoms. The van der Waals surface area contributed by atoms with Gasteiger partial charge in [0, 0.05) is 6.20 Å². The second-order valence-corrected chi connectivity index (χ2v) is 5.32. The smallest absolute Gasteiger partial charge is 0.334 e. The lowest BCUT2D eigenvalue weighted by Crippen LogP contribution is -2.32. The van der Waals surface area contributed by atoms with Crippen LogP contribution in [-0.4, -0.2) is 37.7 Å². The van der Waals surface area contributed by atoms with Crippen molar-refractivity contribution in [2.24, 2.45) is 0 Å². The number of nitrogens with zero attached hydrogens (tertiary/aromatic N) is 1. The highest BCUT2D eigenvalue weighted by Gasteiger charge is 2.23. The molecular weight excluding hydrogens is 276 g/mol. The zero-order valence-corrected chi connectivity index (χ0v) is 11.4. The summed E-state index contributed by atoms with van der Waals surface area (Å²) in [6, 6.07) is 1.34. The summed E-state index contributed by atoms with van der Waals surface area (Å²) in [6.45, 7) is 2.85. The van der Waals surface area contributed by atoms with E-state index in [9.17, 15) is 13.2 Å². The van der Waals surface area contributed by atoms with E-state index in [-0.39, 0.29) is 10.8 Å². The minimum absolute atomic E-state index is 0.107. The van der Waals surface area contributed by atoms with Gasteiger partial charge in [-0.1, -0.05) is 4.89 Å². The van der Waals surface area contributed by atoms with Crippen LogP contribution in [0.25, 0.3) is 0 Å². The second-order valence-electron chi connectivity index (χ2n) is 3.71. The average Bonchev–Trinajstić information content (AvgIpc) is 2.35. The van der Waals surface area contributed by atoms with Crippen LogP contribution < -0.4 is 9.62 Å². The van der Waals surface area contributed by atoms with E-state index in [1.54, 1.807) is 11.8 Å². The fourth-order valence-corrected chi connectivity index (χ4v) is 2.17. The number of aliphatic carboxylic acids is 1. The number of hydrogen-bond donors (Lipinski definition) is 2. The summed E-state index contributed by atoms with van der Waals surface area (Å²) >= 11 is 0. The second kappa shape index (κ2) is 5.95. The van der Waals surface area contributed by atoms with Gasteiger partial charge in [0.25, 0.3) is 10.0 Å². The maximum atomic E-state index is 11.9. The van der Waals surface area contributed by atoms with E-state index in [2.05, 4.69) is 9.82 Å². The van der Waals surface area contributed by atoms with E-state index >= 15 is 0 Å². The maximum Gasteiger partial charge on any atom is 0.334 e. The molecule has 106 valence electrons. The first-order chi connectivity index (χ1) is 8.77. The highest BCUT2D eigenvalue weighted by molar-refractivity contribution is 7.89. The fourth-order valence-electron chi connectivity index (χ4n) is 1.11. The molecule has 0 spiro atoms. The lowest BCUT2D eigenvalue weighted by molar-refractivity contribution is -0.151. The summed E-state index contributed by atoms with van der Waals surface area (Å²) < 4.78 is 28.7. The van der Waals surface area contributed by atoms with Crippen molar-refractivity contribution in [3.05, 3.63) is 17.8 Å².